The molecule has 0 aliphatic carbocycles. The number of fused-ring (bicyclic) bond motifs is 1. The van der Waals surface area contributed by atoms with Crippen LogP contribution in [0.2, 0.25) is 0 Å². The van der Waals surface area contributed by atoms with Crippen molar-refractivity contribution in [3.05, 3.63) is 48.0 Å². The maximum atomic E-state index is 13.1. The third kappa shape index (κ3) is 5.83. The summed E-state index contributed by atoms with van der Waals surface area (Å²) < 4.78 is 11.3. The lowest BCUT2D eigenvalue weighted by atomic mass is 10.0. The van der Waals surface area contributed by atoms with E-state index in [1.165, 1.54) is 4.90 Å². The lowest BCUT2D eigenvalue weighted by Crippen LogP contribution is -2.54. The molecule has 3 rings (SSSR count). The van der Waals surface area contributed by atoms with Crippen molar-refractivity contribution in [2.24, 2.45) is 0 Å². The molecule has 8 heteroatoms. The second-order valence-electron chi connectivity index (χ2n) is 9.40. The highest BCUT2D eigenvalue weighted by atomic mass is 16.5. The summed E-state index contributed by atoms with van der Waals surface area (Å²) in [5.41, 5.74) is -0.235. The van der Waals surface area contributed by atoms with Crippen LogP contribution >= 0.6 is 0 Å². The highest BCUT2D eigenvalue weighted by Gasteiger charge is 2.42. The first kappa shape index (κ1) is 24.1. The third-order valence-electron chi connectivity index (χ3n) is 4.88. The molecule has 3 amide bonds. The predicted octanol–water partition coefficient (Wildman–Crippen LogP) is 3.76. The van der Waals surface area contributed by atoms with E-state index in [2.05, 4.69) is 10.6 Å². The fourth-order valence-corrected chi connectivity index (χ4v) is 3.42. The molecule has 0 bridgehead atoms. The first-order valence-corrected chi connectivity index (χ1v) is 10.9. The van der Waals surface area contributed by atoms with Gasteiger partial charge in [0.1, 0.15) is 18.0 Å². The van der Waals surface area contributed by atoms with Crippen LogP contribution in [0.5, 0.6) is 11.5 Å². The number of benzene rings is 2. The van der Waals surface area contributed by atoms with Gasteiger partial charge in [-0.25, -0.2) is 0 Å². The first-order chi connectivity index (χ1) is 15.4. The molecule has 33 heavy (non-hydrogen) atoms. The van der Waals surface area contributed by atoms with Crippen LogP contribution in [0.4, 0.5) is 11.4 Å². The Morgan fingerprint density at radius 2 is 1.76 bits per heavy atom. The average molecular weight is 454 g/mol. The first-order valence-electron chi connectivity index (χ1n) is 10.9. The van der Waals surface area contributed by atoms with Crippen molar-refractivity contribution in [3.8, 4) is 11.5 Å². The summed E-state index contributed by atoms with van der Waals surface area (Å²) in [5.74, 6) is 0.115. The number of carbonyl (C=O) groups excluding carboxylic acids is 3. The Morgan fingerprint density at radius 1 is 1.09 bits per heavy atom. The zero-order valence-electron chi connectivity index (χ0n) is 19.9. The van der Waals surface area contributed by atoms with E-state index in [-0.39, 0.29) is 24.3 Å². The van der Waals surface area contributed by atoms with E-state index in [4.69, 9.17) is 9.47 Å². The van der Waals surface area contributed by atoms with Gasteiger partial charge in [0.15, 0.2) is 5.60 Å². The second kappa shape index (κ2) is 9.13. The molecular weight excluding hydrogens is 422 g/mol. The normalized spacial score (nSPS) is 14.7. The maximum absolute atomic E-state index is 13.1. The number of ether oxygens (including phenoxy) is 2. The molecule has 0 saturated heterocycles. The highest BCUT2D eigenvalue weighted by Crippen LogP contribution is 2.38. The van der Waals surface area contributed by atoms with Crippen molar-refractivity contribution in [2.45, 2.75) is 52.7 Å². The molecule has 176 valence electrons. The van der Waals surface area contributed by atoms with Gasteiger partial charge in [-0.15, -0.1) is 0 Å². The zero-order chi connectivity index (χ0) is 24.4. The molecule has 2 aromatic rings. The Kier molecular flexibility index (Phi) is 6.67. The van der Waals surface area contributed by atoms with Gasteiger partial charge in [0.05, 0.1) is 12.3 Å². The molecule has 8 nitrogen and oxygen atoms in total. The lowest BCUT2D eigenvalue weighted by molar-refractivity contribution is -0.133. The van der Waals surface area contributed by atoms with Crippen molar-refractivity contribution in [1.82, 2.24) is 5.32 Å². The monoisotopic (exact) mass is 453 g/mol. The molecule has 2 N–H and O–H groups in total. The SMILES string of the molecule is CCOc1ccc(NC(=O)CN2C(=O)C(C)(C)Oc3ccc(C(=O)NC(C)(C)C)cc32)cc1. The van der Waals surface area contributed by atoms with Crippen LogP contribution in [0.15, 0.2) is 42.5 Å². The molecule has 0 radical (unpaired) electrons. The molecule has 0 spiro atoms. The van der Waals surface area contributed by atoms with Crippen LogP contribution in [0, 0.1) is 0 Å². The molecule has 0 unspecified atom stereocenters. The van der Waals surface area contributed by atoms with Gasteiger partial charge in [-0.3, -0.25) is 19.3 Å². The van der Waals surface area contributed by atoms with Gasteiger partial charge in [0.25, 0.3) is 11.8 Å². The Hall–Kier alpha value is -3.55. The molecule has 1 aliphatic heterocycles. The summed E-state index contributed by atoms with van der Waals surface area (Å²) in [6.07, 6.45) is 0. The number of hydrogen-bond acceptors (Lipinski definition) is 5. The van der Waals surface area contributed by atoms with Gasteiger partial charge in [-0.2, -0.15) is 0 Å². The molecule has 0 aromatic heterocycles. The number of nitrogens with zero attached hydrogens (tertiary/aromatic N) is 1. The summed E-state index contributed by atoms with van der Waals surface area (Å²) in [5, 5.41) is 5.70. The van der Waals surface area contributed by atoms with Crippen LogP contribution < -0.4 is 25.0 Å². The topological polar surface area (TPSA) is 97.0 Å². The van der Waals surface area contributed by atoms with Gasteiger partial charge in [0.2, 0.25) is 5.91 Å². The van der Waals surface area contributed by atoms with Gasteiger partial charge in [-0.1, -0.05) is 0 Å². The number of hydrogen-bond donors (Lipinski definition) is 2. The number of carbonyl (C=O) groups is 3. The van der Waals surface area contributed by atoms with Gasteiger partial charge in [0, 0.05) is 16.8 Å². The van der Waals surface area contributed by atoms with Crippen LogP contribution in [0.25, 0.3) is 0 Å². The van der Waals surface area contributed by atoms with E-state index >= 15 is 0 Å². The smallest absolute Gasteiger partial charge is 0.271 e. The fraction of sp³-hybridized carbons (Fsp3) is 0.400. The van der Waals surface area contributed by atoms with E-state index in [1.54, 1.807) is 56.3 Å². The summed E-state index contributed by atoms with van der Waals surface area (Å²) >= 11 is 0. The Balaban J connectivity index is 1.84. The van der Waals surface area contributed by atoms with E-state index in [0.29, 0.717) is 35.0 Å². The molecule has 2 aromatic carbocycles. The minimum atomic E-state index is -1.15. The number of rotatable bonds is 6. The van der Waals surface area contributed by atoms with E-state index in [9.17, 15) is 14.4 Å². The van der Waals surface area contributed by atoms with Crippen LogP contribution in [-0.2, 0) is 9.59 Å². The van der Waals surface area contributed by atoms with Crippen LogP contribution in [0.1, 0.15) is 51.9 Å². The average Bonchev–Trinajstić information content (AvgIpc) is 2.71. The molecule has 1 heterocycles. The number of amides is 3. The summed E-state index contributed by atoms with van der Waals surface area (Å²) in [4.78, 5) is 39.9. The number of nitrogens with one attached hydrogen (secondary N) is 2. The largest absolute Gasteiger partial charge is 0.494 e. The molecule has 1 aliphatic rings. The third-order valence-corrected chi connectivity index (χ3v) is 4.88. The van der Waals surface area contributed by atoms with Gasteiger partial charge < -0.3 is 20.1 Å². The van der Waals surface area contributed by atoms with E-state index < -0.39 is 11.1 Å². The summed E-state index contributed by atoms with van der Waals surface area (Å²) in [7, 11) is 0. The van der Waals surface area contributed by atoms with Crippen molar-refractivity contribution in [2.75, 3.05) is 23.4 Å². The Bertz CT molecular complexity index is 1050. The molecule has 0 atom stereocenters. The maximum Gasteiger partial charge on any atom is 0.271 e. The van der Waals surface area contributed by atoms with Crippen molar-refractivity contribution in [1.29, 1.82) is 0 Å². The van der Waals surface area contributed by atoms with Gasteiger partial charge in [-0.05, 0) is 84.0 Å². The van der Waals surface area contributed by atoms with E-state index in [1.807, 2.05) is 27.7 Å². The highest BCUT2D eigenvalue weighted by molar-refractivity contribution is 6.08. The summed E-state index contributed by atoms with van der Waals surface area (Å²) in [6, 6.07) is 11.9. The van der Waals surface area contributed by atoms with Crippen LogP contribution in [-0.4, -0.2) is 42.0 Å². The minimum absolute atomic E-state index is 0.226. The van der Waals surface area contributed by atoms with Crippen molar-refractivity contribution >= 4 is 29.1 Å². The summed E-state index contributed by atoms with van der Waals surface area (Å²) in [6.45, 7) is 11.2. The molecule has 0 saturated carbocycles. The van der Waals surface area contributed by atoms with Crippen molar-refractivity contribution in [3.63, 3.8) is 0 Å². The Labute approximate surface area is 194 Å². The standard InChI is InChI=1S/C25H31N3O5/c1-7-32-18-11-9-17(10-12-18)26-21(29)15-28-19-14-16(22(30)27-24(2,3)4)8-13-20(19)33-25(5,6)23(28)31/h8-14H,7,15H2,1-6H3,(H,26,29)(H,27,30). The molecular formula is C25H31N3O5. The fourth-order valence-electron chi connectivity index (χ4n) is 3.42. The Morgan fingerprint density at radius 3 is 2.36 bits per heavy atom. The van der Waals surface area contributed by atoms with Gasteiger partial charge >= 0.3 is 0 Å². The quantitative estimate of drug-likeness (QED) is 0.694. The lowest BCUT2D eigenvalue weighted by Gasteiger charge is -2.38. The molecule has 0 fully saturated rings. The van der Waals surface area contributed by atoms with Crippen molar-refractivity contribution < 1.29 is 23.9 Å². The minimum Gasteiger partial charge on any atom is -0.494 e. The second-order valence-corrected chi connectivity index (χ2v) is 9.40. The number of anilines is 2. The van der Waals surface area contributed by atoms with E-state index in [0.717, 1.165) is 0 Å². The van der Waals surface area contributed by atoms with Crippen LogP contribution in [0.3, 0.4) is 0 Å². The predicted molar refractivity (Wildman–Crippen MR) is 127 cm³/mol. The zero-order valence-corrected chi connectivity index (χ0v) is 19.9.